The number of aliphatic hydroxyl groups excluding tert-OH is 2. The third-order valence-corrected chi connectivity index (χ3v) is 5.88. The van der Waals surface area contributed by atoms with E-state index in [1.807, 2.05) is 14.0 Å². The van der Waals surface area contributed by atoms with Crippen LogP contribution in [-0.4, -0.2) is 55.0 Å². The maximum Gasteiger partial charge on any atom is 0.191 e. The molecule has 2 aromatic heterocycles. The van der Waals surface area contributed by atoms with E-state index in [1.165, 1.54) is 12.8 Å². The van der Waals surface area contributed by atoms with Crippen molar-refractivity contribution < 1.29 is 15.1 Å². The van der Waals surface area contributed by atoms with Crippen molar-refractivity contribution in [2.75, 3.05) is 11.9 Å². The molecule has 0 bridgehead atoms. The third kappa shape index (κ3) is 2.96. The first kappa shape index (κ1) is 18.2. The molecule has 0 saturated heterocycles. The van der Waals surface area contributed by atoms with Gasteiger partial charge in [-0.3, -0.25) is 4.68 Å². The number of nitrogens with one attached hydrogen (secondary N) is 1. The summed E-state index contributed by atoms with van der Waals surface area (Å²) >= 11 is 0. The number of pyridine rings is 1. The number of oxime groups is 1. The van der Waals surface area contributed by atoms with Gasteiger partial charge in [-0.05, 0) is 26.7 Å². The van der Waals surface area contributed by atoms with Crippen LogP contribution in [0.1, 0.15) is 50.3 Å². The van der Waals surface area contributed by atoms with Gasteiger partial charge < -0.3 is 20.4 Å². The van der Waals surface area contributed by atoms with E-state index < -0.39 is 11.7 Å². The SMILES string of the molecule is Cc1nn(C)c2ncc(C3=NOC(CO)(C(C)O)C3)c(NC3CCCC3)c12. The highest BCUT2D eigenvalue weighted by Crippen LogP contribution is 2.36. The van der Waals surface area contributed by atoms with Crippen LogP contribution in [0, 0.1) is 6.92 Å². The van der Waals surface area contributed by atoms with Gasteiger partial charge in [0, 0.05) is 31.3 Å². The van der Waals surface area contributed by atoms with Crippen molar-refractivity contribution in [3.05, 3.63) is 17.5 Å². The van der Waals surface area contributed by atoms with Crippen molar-refractivity contribution in [3.8, 4) is 0 Å². The lowest BCUT2D eigenvalue weighted by Crippen LogP contribution is -2.44. The second-order valence-electron chi connectivity index (χ2n) is 7.79. The van der Waals surface area contributed by atoms with E-state index >= 15 is 0 Å². The van der Waals surface area contributed by atoms with Crippen LogP contribution in [0.25, 0.3) is 11.0 Å². The molecule has 1 aliphatic heterocycles. The summed E-state index contributed by atoms with van der Waals surface area (Å²) in [7, 11) is 1.89. The second-order valence-corrected chi connectivity index (χ2v) is 7.79. The number of hydrogen-bond acceptors (Lipinski definition) is 7. The van der Waals surface area contributed by atoms with Gasteiger partial charge in [-0.2, -0.15) is 5.10 Å². The minimum absolute atomic E-state index is 0.301. The highest BCUT2D eigenvalue weighted by Gasteiger charge is 2.44. The van der Waals surface area contributed by atoms with Crippen LogP contribution in [-0.2, 0) is 11.9 Å². The summed E-state index contributed by atoms with van der Waals surface area (Å²) in [6.07, 6.45) is 6.01. The zero-order valence-electron chi connectivity index (χ0n) is 16.1. The van der Waals surface area contributed by atoms with E-state index in [1.54, 1.807) is 17.8 Å². The monoisotopic (exact) mass is 373 g/mol. The summed E-state index contributed by atoms with van der Waals surface area (Å²) in [5, 5.41) is 33.3. The average molecular weight is 373 g/mol. The first-order valence-electron chi connectivity index (χ1n) is 9.58. The molecule has 4 rings (SSSR count). The molecule has 3 heterocycles. The van der Waals surface area contributed by atoms with Crippen LogP contribution in [0.5, 0.6) is 0 Å². The number of hydrogen-bond donors (Lipinski definition) is 3. The number of nitrogens with zero attached hydrogens (tertiary/aromatic N) is 4. The topological polar surface area (TPSA) is 105 Å². The largest absolute Gasteiger partial charge is 0.392 e. The number of aromatic nitrogens is 3. The lowest BCUT2D eigenvalue weighted by Gasteiger charge is -2.27. The van der Waals surface area contributed by atoms with Crippen LogP contribution in [0.3, 0.4) is 0 Å². The summed E-state index contributed by atoms with van der Waals surface area (Å²) in [5.41, 5.74) is 3.13. The van der Waals surface area contributed by atoms with Crippen molar-refractivity contribution >= 4 is 22.4 Å². The van der Waals surface area contributed by atoms with Gasteiger partial charge in [-0.25, -0.2) is 4.98 Å². The van der Waals surface area contributed by atoms with E-state index in [-0.39, 0.29) is 6.61 Å². The Kier molecular flexibility index (Phi) is 4.55. The molecule has 0 radical (unpaired) electrons. The minimum atomic E-state index is -1.10. The fourth-order valence-electron chi connectivity index (χ4n) is 4.13. The molecule has 1 fully saturated rings. The van der Waals surface area contributed by atoms with Crippen molar-refractivity contribution in [1.82, 2.24) is 14.8 Å². The molecule has 8 heteroatoms. The molecular formula is C19H27N5O3. The number of anilines is 1. The van der Waals surface area contributed by atoms with Gasteiger partial charge in [0.2, 0.25) is 0 Å². The molecule has 0 amide bonds. The van der Waals surface area contributed by atoms with Crippen molar-refractivity contribution in [2.45, 2.75) is 63.7 Å². The summed E-state index contributed by atoms with van der Waals surface area (Å²) in [5.74, 6) is 0. The Morgan fingerprint density at radius 1 is 1.41 bits per heavy atom. The Morgan fingerprint density at radius 3 is 2.78 bits per heavy atom. The van der Waals surface area contributed by atoms with Crippen LogP contribution >= 0.6 is 0 Å². The Hall–Kier alpha value is -2.19. The normalized spacial score (nSPS) is 24.3. The smallest absolute Gasteiger partial charge is 0.191 e. The van der Waals surface area contributed by atoms with Gasteiger partial charge >= 0.3 is 0 Å². The first-order valence-corrected chi connectivity index (χ1v) is 9.58. The number of fused-ring (bicyclic) bond motifs is 1. The lowest BCUT2D eigenvalue weighted by atomic mass is 9.90. The maximum absolute atomic E-state index is 10.1. The summed E-state index contributed by atoms with van der Waals surface area (Å²) in [6.45, 7) is 3.29. The van der Waals surface area contributed by atoms with Gasteiger partial charge in [0.1, 0.15) is 0 Å². The van der Waals surface area contributed by atoms with E-state index in [4.69, 9.17) is 4.84 Å². The van der Waals surface area contributed by atoms with Crippen LogP contribution in [0.4, 0.5) is 5.69 Å². The van der Waals surface area contributed by atoms with E-state index in [0.29, 0.717) is 18.2 Å². The van der Waals surface area contributed by atoms with E-state index in [0.717, 1.165) is 40.8 Å². The standard InChI is InChI=1S/C19H27N5O3/c1-11-16-17(21-13-6-4-5-7-13)14(9-20-18(16)24(3)22-11)15-8-19(10-25,12(2)26)27-23-15/h9,12-13,25-26H,4-8,10H2,1-3H3,(H,20,21). The van der Waals surface area contributed by atoms with Gasteiger partial charge in [0.25, 0.3) is 0 Å². The molecule has 146 valence electrons. The number of aryl methyl sites for hydroxylation is 2. The van der Waals surface area contributed by atoms with E-state index in [9.17, 15) is 10.2 Å². The van der Waals surface area contributed by atoms with Crippen molar-refractivity contribution in [1.29, 1.82) is 0 Å². The summed E-state index contributed by atoms with van der Waals surface area (Å²) < 4.78 is 1.79. The molecule has 2 unspecified atom stereocenters. The van der Waals surface area contributed by atoms with Crippen LogP contribution in [0.2, 0.25) is 0 Å². The molecule has 2 aliphatic rings. The van der Waals surface area contributed by atoms with Crippen LogP contribution < -0.4 is 5.32 Å². The Morgan fingerprint density at radius 2 is 2.15 bits per heavy atom. The Labute approximate surface area is 158 Å². The molecule has 0 spiro atoms. The number of aliphatic hydroxyl groups is 2. The fraction of sp³-hybridized carbons (Fsp3) is 0.632. The molecule has 1 aliphatic carbocycles. The summed E-state index contributed by atoms with van der Waals surface area (Å²) in [4.78, 5) is 10.1. The third-order valence-electron chi connectivity index (χ3n) is 5.88. The molecule has 2 atom stereocenters. The quantitative estimate of drug-likeness (QED) is 0.739. The number of rotatable bonds is 5. The fourth-order valence-corrected chi connectivity index (χ4v) is 4.13. The second kappa shape index (κ2) is 6.76. The zero-order valence-corrected chi connectivity index (χ0v) is 16.1. The summed E-state index contributed by atoms with van der Waals surface area (Å²) in [6, 6.07) is 0.413. The van der Waals surface area contributed by atoms with Gasteiger partial charge in [-0.1, -0.05) is 18.0 Å². The zero-order chi connectivity index (χ0) is 19.2. The Balaban J connectivity index is 1.79. The van der Waals surface area contributed by atoms with Crippen molar-refractivity contribution in [3.63, 3.8) is 0 Å². The molecule has 1 saturated carbocycles. The molecule has 0 aromatic carbocycles. The molecule has 8 nitrogen and oxygen atoms in total. The lowest BCUT2D eigenvalue weighted by molar-refractivity contribution is -0.124. The predicted molar refractivity (Wildman–Crippen MR) is 103 cm³/mol. The van der Waals surface area contributed by atoms with Crippen LogP contribution in [0.15, 0.2) is 11.4 Å². The minimum Gasteiger partial charge on any atom is -0.392 e. The van der Waals surface area contributed by atoms with Gasteiger partial charge in [0.15, 0.2) is 11.2 Å². The van der Waals surface area contributed by atoms with Crippen molar-refractivity contribution in [2.24, 2.45) is 12.2 Å². The van der Waals surface area contributed by atoms with Gasteiger partial charge in [0.05, 0.1) is 35.2 Å². The molecule has 2 aromatic rings. The maximum atomic E-state index is 10.1. The first-order chi connectivity index (χ1) is 12.9. The average Bonchev–Trinajstić information content (AvgIpc) is 3.36. The highest BCUT2D eigenvalue weighted by atomic mass is 16.7. The van der Waals surface area contributed by atoms with E-state index in [2.05, 4.69) is 20.6 Å². The molecule has 3 N–H and O–H groups in total. The molecule has 27 heavy (non-hydrogen) atoms. The van der Waals surface area contributed by atoms with Gasteiger partial charge in [-0.15, -0.1) is 0 Å². The predicted octanol–water partition coefficient (Wildman–Crippen LogP) is 1.87. The Bertz CT molecular complexity index is 885. The highest BCUT2D eigenvalue weighted by molar-refractivity contribution is 6.11. The molecular weight excluding hydrogens is 346 g/mol.